The summed E-state index contributed by atoms with van der Waals surface area (Å²) in [5.41, 5.74) is 0. The summed E-state index contributed by atoms with van der Waals surface area (Å²) in [5, 5.41) is 6.74. The molecule has 0 atom stereocenters. The zero-order valence-electron chi connectivity index (χ0n) is 11.0. The van der Waals surface area contributed by atoms with E-state index in [2.05, 4.69) is 20.6 Å². The maximum absolute atomic E-state index is 4.27. The Hall–Kier alpha value is -0.790. The van der Waals surface area contributed by atoms with Gasteiger partial charge in [0.15, 0.2) is 5.96 Å². The first-order valence-electron chi connectivity index (χ1n) is 6.23. The van der Waals surface area contributed by atoms with Crippen molar-refractivity contribution in [1.82, 2.24) is 20.2 Å². The Morgan fingerprint density at radius 1 is 1.50 bits per heavy atom. The Labute approximate surface area is 125 Å². The zero-order valence-corrected chi connectivity index (χ0v) is 13.3. The van der Waals surface area contributed by atoms with Crippen LogP contribution in [0.25, 0.3) is 0 Å². The van der Waals surface area contributed by atoms with Crippen molar-refractivity contribution in [3.63, 3.8) is 0 Å². The predicted molar refractivity (Wildman–Crippen MR) is 84.2 cm³/mol. The molecule has 2 N–H and O–H groups in total. The van der Waals surface area contributed by atoms with Gasteiger partial charge >= 0.3 is 0 Å². The van der Waals surface area contributed by atoms with Crippen LogP contribution in [0.5, 0.6) is 0 Å². The smallest absolute Gasteiger partial charge is 0.191 e. The van der Waals surface area contributed by atoms with Gasteiger partial charge in [-0.25, -0.2) is 4.98 Å². The molecule has 1 saturated carbocycles. The lowest BCUT2D eigenvalue weighted by Crippen LogP contribution is -2.42. The third-order valence-electron chi connectivity index (χ3n) is 3.25. The van der Waals surface area contributed by atoms with E-state index in [1.807, 2.05) is 31.1 Å². The Bertz CT molecular complexity index is 382. The summed E-state index contributed by atoms with van der Waals surface area (Å²) in [5.74, 6) is 1.89. The molecule has 0 bridgehead atoms. The zero-order chi connectivity index (χ0) is 12.1. The normalized spacial score (nSPS) is 16.4. The monoisotopic (exact) mass is 363 g/mol. The molecule has 0 saturated heterocycles. The van der Waals surface area contributed by atoms with Gasteiger partial charge in [0.25, 0.3) is 0 Å². The van der Waals surface area contributed by atoms with Crippen LogP contribution in [0, 0.1) is 0 Å². The molecule has 6 heteroatoms. The fraction of sp³-hybridized carbons (Fsp3) is 0.667. The molecule has 1 aliphatic carbocycles. The van der Waals surface area contributed by atoms with Gasteiger partial charge in [0.1, 0.15) is 5.82 Å². The minimum absolute atomic E-state index is 0. The first-order chi connectivity index (χ1) is 8.29. The molecule has 1 fully saturated rings. The van der Waals surface area contributed by atoms with E-state index in [0.717, 1.165) is 11.8 Å². The van der Waals surface area contributed by atoms with Crippen molar-refractivity contribution in [2.45, 2.75) is 38.3 Å². The number of halogens is 1. The molecular formula is C12H22IN5. The summed E-state index contributed by atoms with van der Waals surface area (Å²) in [6.45, 7) is 0.704. The van der Waals surface area contributed by atoms with Crippen molar-refractivity contribution in [1.29, 1.82) is 0 Å². The van der Waals surface area contributed by atoms with Crippen LogP contribution in [0.2, 0.25) is 0 Å². The fourth-order valence-electron chi connectivity index (χ4n) is 2.19. The average Bonchev–Trinajstić information content (AvgIpc) is 2.96. The topological polar surface area (TPSA) is 54.2 Å². The molecule has 2 rings (SSSR count). The Balaban J connectivity index is 0.00000162. The van der Waals surface area contributed by atoms with Crippen molar-refractivity contribution < 1.29 is 0 Å². The summed E-state index contributed by atoms with van der Waals surface area (Å²) < 4.78 is 2.01. The van der Waals surface area contributed by atoms with Crippen LogP contribution in [0.4, 0.5) is 0 Å². The number of nitrogens with one attached hydrogen (secondary N) is 2. The van der Waals surface area contributed by atoms with Crippen LogP contribution >= 0.6 is 24.0 Å². The lowest BCUT2D eigenvalue weighted by Gasteiger charge is -2.16. The van der Waals surface area contributed by atoms with Gasteiger partial charge in [0, 0.05) is 32.5 Å². The third kappa shape index (κ3) is 4.15. The maximum Gasteiger partial charge on any atom is 0.191 e. The van der Waals surface area contributed by atoms with Crippen molar-refractivity contribution in [2.75, 3.05) is 7.05 Å². The molecule has 0 spiro atoms. The summed E-state index contributed by atoms with van der Waals surface area (Å²) in [7, 11) is 3.81. The number of nitrogens with zero attached hydrogens (tertiary/aromatic N) is 3. The van der Waals surface area contributed by atoms with Gasteiger partial charge in [-0.15, -0.1) is 24.0 Å². The largest absolute Gasteiger partial charge is 0.354 e. The quantitative estimate of drug-likeness (QED) is 0.488. The maximum atomic E-state index is 4.27. The van der Waals surface area contributed by atoms with Crippen molar-refractivity contribution in [3.05, 3.63) is 18.2 Å². The number of hydrogen-bond acceptors (Lipinski definition) is 2. The van der Waals surface area contributed by atoms with Gasteiger partial charge in [0.2, 0.25) is 0 Å². The molecule has 18 heavy (non-hydrogen) atoms. The highest BCUT2D eigenvalue weighted by atomic mass is 127. The van der Waals surface area contributed by atoms with E-state index in [1.54, 1.807) is 0 Å². The molecule has 0 aliphatic heterocycles. The molecule has 0 aromatic carbocycles. The summed E-state index contributed by atoms with van der Waals surface area (Å²) >= 11 is 0. The van der Waals surface area contributed by atoms with Crippen molar-refractivity contribution >= 4 is 29.9 Å². The number of imidazole rings is 1. The average molecular weight is 363 g/mol. The van der Waals surface area contributed by atoms with E-state index in [4.69, 9.17) is 0 Å². The predicted octanol–water partition coefficient (Wildman–Crippen LogP) is 1.65. The molecule has 0 radical (unpaired) electrons. The van der Waals surface area contributed by atoms with E-state index in [9.17, 15) is 0 Å². The van der Waals surface area contributed by atoms with Gasteiger partial charge in [-0.2, -0.15) is 0 Å². The summed E-state index contributed by atoms with van der Waals surface area (Å²) in [4.78, 5) is 8.51. The highest BCUT2D eigenvalue weighted by Gasteiger charge is 2.15. The number of aliphatic imine (C=N–C) groups is 1. The van der Waals surface area contributed by atoms with Crippen LogP contribution in [0.3, 0.4) is 0 Å². The van der Waals surface area contributed by atoms with E-state index in [0.29, 0.717) is 12.6 Å². The second-order valence-corrected chi connectivity index (χ2v) is 4.51. The second kappa shape index (κ2) is 7.60. The van der Waals surface area contributed by atoms with Crippen LogP contribution in [0.15, 0.2) is 17.4 Å². The molecule has 1 aromatic rings. The fourth-order valence-corrected chi connectivity index (χ4v) is 2.19. The van der Waals surface area contributed by atoms with Crippen LogP contribution in [-0.4, -0.2) is 28.6 Å². The lowest BCUT2D eigenvalue weighted by molar-refractivity contribution is 0.609. The van der Waals surface area contributed by atoms with Gasteiger partial charge in [-0.1, -0.05) is 12.8 Å². The van der Waals surface area contributed by atoms with E-state index in [1.165, 1.54) is 25.7 Å². The molecule has 1 aromatic heterocycles. The third-order valence-corrected chi connectivity index (χ3v) is 3.25. The second-order valence-electron chi connectivity index (χ2n) is 4.51. The van der Waals surface area contributed by atoms with Gasteiger partial charge < -0.3 is 15.2 Å². The first kappa shape index (κ1) is 15.3. The molecule has 5 nitrogen and oxygen atoms in total. The lowest BCUT2D eigenvalue weighted by atomic mass is 10.2. The number of guanidine groups is 1. The van der Waals surface area contributed by atoms with Gasteiger partial charge in [0.05, 0.1) is 6.54 Å². The molecule has 102 valence electrons. The van der Waals surface area contributed by atoms with E-state index >= 15 is 0 Å². The van der Waals surface area contributed by atoms with Crippen molar-refractivity contribution in [2.24, 2.45) is 12.0 Å². The standard InChI is InChI=1S/C12H21N5.HI/c1-13-12(16-10-5-3-4-6-10)15-9-11-14-7-8-17(11)2;/h7-8,10H,3-6,9H2,1-2H3,(H2,13,15,16);1H. The minimum Gasteiger partial charge on any atom is -0.354 e. The van der Waals surface area contributed by atoms with Crippen LogP contribution in [0.1, 0.15) is 31.5 Å². The molecular weight excluding hydrogens is 341 g/mol. The highest BCUT2D eigenvalue weighted by Crippen LogP contribution is 2.17. The van der Waals surface area contributed by atoms with Crippen molar-refractivity contribution in [3.8, 4) is 0 Å². The Morgan fingerprint density at radius 2 is 2.22 bits per heavy atom. The first-order valence-corrected chi connectivity index (χ1v) is 6.23. The Morgan fingerprint density at radius 3 is 2.78 bits per heavy atom. The Kier molecular flexibility index (Phi) is 6.45. The van der Waals surface area contributed by atoms with Crippen LogP contribution < -0.4 is 10.6 Å². The van der Waals surface area contributed by atoms with E-state index < -0.39 is 0 Å². The summed E-state index contributed by atoms with van der Waals surface area (Å²) in [6, 6.07) is 0.586. The van der Waals surface area contributed by atoms with Gasteiger partial charge in [-0.05, 0) is 12.8 Å². The molecule has 0 amide bonds. The molecule has 1 heterocycles. The molecule has 1 aliphatic rings. The number of rotatable bonds is 3. The minimum atomic E-state index is 0. The van der Waals surface area contributed by atoms with Crippen LogP contribution in [-0.2, 0) is 13.6 Å². The SMILES string of the molecule is CN=C(NCc1nccn1C)NC1CCCC1.I. The van der Waals surface area contributed by atoms with Gasteiger partial charge in [-0.3, -0.25) is 4.99 Å². The molecule has 0 unspecified atom stereocenters. The summed E-state index contributed by atoms with van der Waals surface area (Å²) in [6.07, 6.45) is 8.92. The number of aromatic nitrogens is 2. The number of aryl methyl sites for hydroxylation is 1. The highest BCUT2D eigenvalue weighted by molar-refractivity contribution is 14.0. The van der Waals surface area contributed by atoms with E-state index in [-0.39, 0.29) is 24.0 Å². The number of hydrogen-bond donors (Lipinski definition) is 2.